The molecular formula is C10H12N2O2. The van der Waals surface area contributed by atoms with Crippen molar-refractivity contribution in [2.75, 3.05) is 13.2 Å². The Bertz CT molecular complexity index is 365. The standard InChI is InChI=1S/C10H12N2O2/c1-3-4-13-10-8-6-11-5-7(2)9(8)14-12-10/h1,7,11H,4-6H2,2H3. The summed E-state index contributed by atoms with van der Waals surface area (Å²) >= 11 is 0. The molecule has 0 amide bonds. The van der Waals surface area contributed by atoms with E-state index in [-0.39, 0.29) is 6.61 Å². The maximum atomic E-state index is 5.26. The molecule has 2 rings (SSSR count). The molecule has 0 aliphatic carbocycles. The maximum Gasteiger partial charge on any atom is 0.259 e. The largest absolute Gasteiger partial charge is 0.462 e. The zero-order chi connectivity index (χ0) is 9.97. The first-order valence-corrected chi connectivity index (χ1v) is 4.58. The van der Waals surface area contributed by atoms with E-state index in [9.17, 15) is 0 Å². The van der Waals surface area contributed by atoms with Crippen LogP contribution in [0.15, 0.2) is 4.52 Å². The number of fused-ring (bicyclic) bond motifs is 1. The minimum atomic E-state index is 0.230. The molecule has 0 saturated heterocycles. The van der Waals surface area contributed by atoms with Gasteiger partial charge in [-0.1, -0.05) is 12.8 Å². The topological polar surface area (TPSA) is 47.3 Å². The first-order valence-electron chi connectivity index (χ1n) is 4.58. The minimum absolute atomic E-state index is 0.230. The van der Waals surface area contributed by atoms with Crippen LogP contribution in [0.3, 0.4) is 0 Å². The number of ether oxygens (including phenoxy) is 1. The highest BCUT2D eigenvalue weighted by atomic mass is 16.5. The number of hydrogen-bond donors (Lipinski definition) is 1. The van der Waals surface area contributed by atoms with Crippen molar-refractivity contribution in [2.45, 2.75) is 19.4 Å². The van der Waals surface area contributed by atoms with Gasteiger partial charge in [0.2, 0.25) is 0 Å². The van der Waals surface area contributed by atoms with Crippen molar-refractivity contribution < 1.29 is 9.26 Å². The predicted molar refractivity (Wildman–Crippen MR) is 51.0 cm³/mol. The minimum Gasteiger partial charge on any atom is -0.462 e. The monoisotopic (exact) mass is 192 g/mol. The van der Waals surface area contributed by atoms with Crippen LogP contribution < -0.4 is 10.1 Å². The van der Waals surface area contributed by atoms with Crippen molar-refractivity contribution in [1.82, 2.24) is 10.5 Å². The molecule has 14 heavy (non-hydrogen) atoms. The second-order valence-corrected chi connectivity index (χ2v) is 3.36. The summed E-state index contributed by atoms with van der Waals surface area (Å²) in [4.78, 5) is 0. The molecule has 4 heteroatoms. The zero-order valence-corrected chi connectivity index (χ0v) is 8.04. The quantitative estimate of drug-likeness (QED) is 0.707. The summed E-state index contributed by atoms with van der Waals surface area (Å²) in [5.74, 6) is 4.18. The van der Waals surface area contributed by atoms with Gasteiger partial charge in [-0.15, -0.1) is 6.42 Å². The molecule has 1 aromatic rings. The summed E-state index contributed by atoms with van der Waals surface area (Å²) in [6, 6.07) is 0. The Kier molecular flexibility index (Phi) is 2.42. The number of nitrogens with one attached hydrogen (secondary N) is 1. The Morgan fingerprint density at radius 3 is 3.43 bits per heavy atom. The van der Waals surface area contributed by atoms with Gasteiger partial charge in [-0.2, -0.15) is 0 Å². The van der Waals surface area contributed by atoms with E-state index in [0.29, 0.717) is 11.8 Å². The summed E-state index contributed by atoms with van der Waals surface area (Å²) in [5, 5.41) is 7.11. The van der Waals surface area contributed by atoms with Crippen LogP contribution >= 0.6 is 0 Å². The van der Waals surface area contributed by atoms with E-state index >= 15 is 0 Å². The number of nitrogens with zero attached hydrogens (tertiary/aromatic N) is 1. The van der Waals surface area contributed by atoms with Gasteiger partial charge >= 0.3 is 0 Å². The molecule has 1 atom stereocenters. The Hall–Kier alpha value is -1.47. The zero-order valence-electron chi connectivity index (χ0n) is 8.04. The fourth-order valence-corrected chi connectivity index (χ4v) is 1.59. The van der Waals surface area contributed by atoms with Crippen LogP contribution in [0.4, 0.5) is 0 Å². The fourth-order valence-electron chi connectivity index (χ4n) is 1.59. The number of aromatic nitrogens is 1. The van der Waals surface area contributed by atoms with E-state index in [2.05, 4.69) is 23.3 Å². The Morgan fingerprint density at radius 1 is 1.79 bits per heavy atom. The molecule has 0 bridgehead atoms. The lowest BCUT2D eigenvalue weighted by Crippen LogP contribution is -2.25. The molecule has 74 valence electrons. The predicted octanol–water partition coefficient (Wildman–Crippen LogP) is 0.893. The summed E-state index contributed by atoms with van der Waals surface area (Å²) in [7, 11) is 0. The Morgan fingerprint density at radius 2 is 2.64 bits per heavy atom. The molecule has 1 unspecified atom stereocenters. The highest BCUT2D eigenvalue weighted by Gasteiger charge is 2.25. The van der Waals surface area contributed by atoms with Gasteiger partial charge in [-0.3, -0.25) is 0 Å². The third kappa shape index (κ3) is 1.47. The highest BCUT2D eigenvalue weighted by molar-refractivity contribution is 5.32. The van der Waals surface area contributed by atoms with Crippen LogP contribution in [0.5, 0.6) is 5.88 Å². The third-order valence-corrected chi connectivity index (χ3v) is 2.27. The molecule has 0 spiro atoms. The lowest BCUT2D eigenvalue weighted by atomic mass is 10.0. The van der Waals surface area contributed by atoms with Crippen molar-refractivity contribution in [2.24, 2.45) is 0 Å². The molecule has 0 saturated carbocycles. The lowest BCUT2D eigenvalue weighted by molar-refractivity contribution is 0.302. The van der Waals surface area contributed by atoms with E-state index in [1.807, 2.05) is 0 Å². The van der Waals surface area contributed by atoms with Gasteiger partial charge in [-0.25, -0.2) is 0 Å². The maximum absolute atomic E-state index is 5.26. The second-order valence-electron chi connectivity index (χ2n) is 3.36. The first kappa shape index (κ1) is 9.10. The first-order chi connectivity index (χ1) is 6.83. The van der Waals surface area contributed by atoms with Gasteiger partial charge in [0, 0.05) is 19.0 Å². The van der Waals surface area contributed by atoms with Gasteiger partial charge < -0.3 is 14.6 Å². The van der Waals surface area contributed by atoms with Crippen LogP contribution in [-0.2, 0) is 6.54 Å². The average Bonchev–Trinajstić information content (AvgIpc) is 2.60. The number of terminal acetylenes is 1. The van der Waals surface area contributed by atoms with Crippen molar-refractivity contribution in [1.29, 1.82) is 0 Å². The van der Waals surface area contributed by atoms with E-state index < -0.39 is 0 Å². The van der Waals surface area contributed by atoms with Crippen LogP contribution in [-0.4, -0.2) is 18.3 Å². The molecule has 0 aromatic carbocycles. The molecule has 0 fully saturated rings. The normalized spacial score (nSPS) is 19.9. The van der Waals surface area contributed by atoms with E-state index in [1.54, 1.807) is 0 Å². The molecule has 2 heterocycles. The summed E-state index contributed by atoms with van der Waals surface area (Å²) in [5.41, 5.74) is 0.999. The molecule has 4 nitrogen and oxygen atoms in total. The number of rotatable bonds is 2. The molecule has 0 radical (unpaired) electrons. The molecule has 1 aromatic heterocycles. The van der Waals surface area contributed by atoms with E-state index in [1.165, 1.54) is 0 Å². The van der Waals surface area contributed by atoms with Crippen LogP contribution in [0.2, 0.25) is 0 Å². The highest BCUT2D eigenvalue weighted by Crippen LogP contribution is 2.30. The summed E-state index contributed by atoms with van der Waals surface area (Å²) < 4.78 is 10.5. The molecule has 1 N–H and O–H groups in total. The van der Waals surface area contributed by atoms with E-state index in [4.69, 9.17) is 15.7 Å². The fraction of sp³-hybridized carbons (Fsp3) is 0.500. The smallest absolute Gasteiger partial charge is 0.259 e. The van der Waals surface area contributed by atoms with Gasteiger partial charge in [0.15, 0.2) is 6.61 Å². The third-order valence-electron chi connectivity index (χ3n) is 2.27. The van der Waals surface area contributed by atoms with Crippen molar-refractivity contribution in [3.8, 4) is 18.2 Å². The van der Waals surface area contributed by atoms with Crippen molar-refractivity contribution in [3.05, 3.63) is 11.3 Å². The Balaban J connectivity index is 2.23. The number of hydrogen-bond acceptors (Lipinski definition) is 4. The van der Waals surface area contributed by atoms with Crippen LogP contribution in [0.25, 0.3) is 0 Å². The van der Waals surface area contributed by atoms with Gasteiger partial charge in [-0.05, 0) is 5.16 Å². The second kappa shape index (κ2) is 3.72. The lowest BCUT2D eigenvalue weighted by Gasteiger charge is -2.17. The average molecular weight is 192 g/mol. The molecule has 1 aliphatic heterocycles. The SMILES string of the molecule is C#CCOc1noc2c1CNCC2C. The van der Waals surface area contributed by atoms with Gasteiger partial charge in [0.1, 0.15) is 5.76 Å². The van der Waals surface area contributed by atoms with Crippen molar-refractivity contribution in [3.63, 3.8) is 0 Å². The van der Waals surface area contributed by atoms with Gasteiger partial charge in [0.25, 0.3) is 5.88 Å². The molecule has 1 aliphatic rings. The van der Waals surface area contributed by atoms with Crippen LogP contribution in [0.1, 0.15) is 24.2 Å². The van der Waals surface area contributed by atoms with Gasteiger partial charge in [0.05, 0.1) is 5.56 Å². The van der Waals surface area contributed by atoms with Crippen molar-refractivity contribution >= 4 is 0 Å². The summed E-state index contributed by atoms with van der Waals surface area (Å²) in [6.07, 6.45) is 5.10. The summed E-state index contributed by atoms with van der Waals surface area (Å²) in [6.45, 7) is 3.97. The molecular weight excluding hydrogens is 180 g/mol. The van der Waals surface area contributed by atoms with Crippen LogP contribution in [0, 0.1) is 12.3 Å². The Labute approximate surface area is 82.6 Å². The van der Waals surface area contributed by atoms with E-state index in [0.717, 1.165) is 24.4 Å².